The molecule has 0 aliphatic carbocycles. The van der Waals surface area contributed by atoms with Gasteiger partial charge in [-0.05, 0) is 135 Å². The molecule has 6 unspecified atom stereocenters. The third-order valence-corrected chi connectivity index (χ3v) is 12.9. The van der Waals surface area contributed by atoms with Gasteiger partial charge in [0.25, 0.3) is 0 Å². The first-order chi connectivity index (χ1) is 39.6. The van der Waals surface area contributed by atoms with E-state index in [1.807, 2.05) is 0 Å². The zero-order chi connectivity index (χ0) is 58.9. The molecule has 0 amide bonds. The summed E-state index contributed by atoms with van der Waals surface area (Å²) in [5, 5.41) is 31.6. The lowest BCUT2D eigenvalue weighted by Crippen LogP contribution is -2.61. The molecule has 1 aliphatic heterocycles. The zero-order valence-electron chi connectivity index (χ0n) is 50.0. The summed E-state index contributed by atoms with van der Waals surface area (Å²) in [6.45, 7) is 5.59. The second kappa shape index (κ2) is 55.2. The zero-order valence-corrected chi connectivity index (χ0v) is 50.0. The lowest BCUT2D eigenvalue weighted by molar-refractivity contribution is -0.301. The maximum absolute atomic E-state index is 13.2. The first kappa shape index (κ1) is 73.6. The van der Waals surface area contributed by atoms with Gasteiger partial charge in [-0.25, -0.2) is 4.79 Å². The van der Waals surface area contributed by atoms with Crippen molar-refractivity contribution in [1.29, 1.82) is 0 Å². The molecule has 0 saturated carbocycles. The van der Waals surface area contributed by atoms with Crippen LogP contribution in [0.25, 0.3) is 0 Å². The highest BCUT2D eigenvalue weighted by molar-refractivity contribution is 5.74. The van der Waals surface area contributed by atoms with Crippen molar-refractivity contribution >= 4 is 23.9 Å². The smallest absolute Gasteiger partial charge is 0.335 e. The third kappa shape index (κ3) is 44.9. The molecular weight excluding hydrogens is 1020 g/mol. The largest absolute Gasteiger partial charge is 0.479 e. The van der Waals surface area contributed by atoms with Gasteiger partial charge in [0.2, 0.25) is 0 Å². The SMILES string of the molecule is CC/C=C\C/C=C\C/C=C\C/C=C\CCCCCCC(=O)OCC(COC1OC(C(=O)O)C(O)C(O)C1OC(=O)CCCCCC/C=C\C/C=C\C/C=C\C/C=C\CC)OC(=O)CCCCCC/C=C\C/C=C\C/C=C\C/C=C\CC. The van der Waals surface area contributed by atoms with Gasteiger partial charge < -0.3 is 39.0 Å². The normalized spacial score (nSPS) is 18.8. The molecule has 0 radical (unpaired) electrons. The van der Waals surface area contributed by atoms with Crippen LogP contribution in [0.15, 0.2) is 146 Å². The number of aliphatic hydroxyl groups is 2. The standard InChI is InChI=1S/C69H106O12/c1-4-7-10-13-16-19-22-25-28-31-34-37-40-43-46-49-52-55-61(70)77-58-60(79-62(71)56-53-50-47-44-41-38-35-32-29-26-23-20-17-14-11-8-5-2)59-78-69-67(65(74)64(73)66(81-69)68(75)76)80-63(72)57-54-51-48-45-42-39-36-33-30-27-24-21-18-15-12-9-6-3/h7-12,16-21,25-30,34-39,60,64-67,69,73-74H,4-6,13-15,22-24,31-33,40-59H2,1-3H3,(H,75,76)/b10-7-,11-8-,12-9-,19-16-,20-17-,21-18-,28-25-,29-26-,30-27-,37-34-,38-35-,39-36-. The van der Waals surface area contributed by atoms with Crippen molar-refractivity contribution in [2.75, 3.05) is 13.2 Å². The fraction of sp³-hybridized carbons (Fsp3) is 0.594. The number of ether oxygens (including phenoxy) is 5. The molecule has 454 valence electrons. The summed E-state index contributed by atoms with van der Waals surface area (Å²) in [4.78, 5) is 51.3. The van der Waals surface area contributed by atoms with Crippen LogP contribution in [-0.2, 0) is 42.9 Å². The lowest BCUT2D eigenvalue weighted by Gasteiger charge is -2.40. The van der Waals surface area contributed by atoms with Crippen LogP contribution < -0.4 is 0 Å². The van der Waals surface area contributed by atoms with Crippen LogP contribution in [0.2, 0.25) is 0 Å². The number of carbonyl (C=O) groups excluding carboxylic acids is 3. The van der Waals surface area contributed by atoms with Gasteiger partial charge in [0.15, 0.2) is 24.6 Å². The van der Waals surface area contributed by atoms with E-state index in [4.69, 9.17) is 23.7 Å². The highest BCUT2D eigenvalue weighted by Crippen LogP contribution is 2.26. The molecule has 1 rings (SSSR count). The summed E-state index contributed by atoms with van der Waals surface area (Å²) >= 11 is 0. The van der Waals surface area contributed by atoms with Crippen molar-refractivity contribution < 1.29 is 58.2 Å². The minimum atomic E-state index is -1.93. The predicted molar refractivity (Wildman–Crippen MR) is 330 cm³/mol. The monoisotopic (exact) mass is 1130 g/mol. The topological polar surface area (TPSA) is 175 Å². The Kier molecular flexibility index (Phi) is 50.1. The molecule has 0 spiro atoms. The number of allylic oxidation sites excluding steroid dienone is 24. The Balaban J connectivity index is 2.75. The number of aliphatic carboxylic acids is 1. The molecule has 3 N–H and O–H groups in total. The number of aliphatic hydroxyl groups excluding tert-OH is 2. The van der Waals surface area contributed by atoms with E-state index in [1.165, 1.54) is 0 Å². The van der Waals surface area contributed by atoms with E-state index >= 15 is 0 Å². The summed E-state index contributed by atoms with van der Waals surface area (Å²) in [7, 11) is 0. The van der Waals surface area contributed by atoms with Crippen molar-refractivity contribution in [1.82, 2.24) is 0 Å². The molecule has 6 atom stereocenters. The van der Waals surface area contributed by atoms with Crippen LogP contribution in [0.5, 0.6) is 0 Å². The Morgan fingerprint density at radius 3 is 1.11 bits per heavy atom. The average molecular weight is 1130 g/mol. The van der Waals surface area contributed by atoms with E-state index in [0.717, 1.165) is 154 Å². The van der Waals surface area contributed by atoms with Gasteiger partial charge in [-0.3, -0.25) is 14.4 Å². The van der Waals surface area contributed by atoms with Gasteiger partial charge >= 0.3 is 23.9 Å². The number of carboxylic acids is 1. The molecule has 12 heteroatoms. The Morgan fingerprint density at radius 2 is 0.741 bits per heavy atom. The Bertz CT molecular complexity index is 1960. The van der Waals surface area contributed by atoms with Crippen molar-refractivity contribution in [3.8, 4) is 0 Å². The van der Waals surface area contributed by atoms with Gasteiger partial charge in [-0.2, -0.15) is 0 Å². The van der Waals surface area contributed by atoms with E-state index in [-0.39, 0.29) is 25.9 Å². The summed E-state index contributed by atoms with van der Waals surface area (Å²) in [5.74, 6) is -3.24. The molecule has 0 aromatic heterocycles. The number of esters is 3. The fourth-order valence-corrected chi connectivity index (χ4v) is 8.28. The van der Waals surface area contributed by atoms with Crippen LogP contribution in [0.4, 0.5) is 0 Å². The molecule has 0 aromatic rings. The van der Waals surface area contributed by atoms with Gasteiger partial charge in [0.1, 0.15) is 18.8 Å². The van der Waals surface area contributed by atoms with E-state index in [0.29, 0.717) is 19.3 Å². The minimum Gasteiger partial charge on any atom is -0.479 e. The number of carboxylic acid groups (broad SMARTS) is 1. The molecule has 12 nitrogen and oxygen atoms in total. The highest BCUT2D eigenvalue weighted by Gasteiger charge is 2.50. The van der Waals surface area contributed by atoms with Crippen molar-refractivity contribution in [3.63, 3.8) is 0 Å². The Morgan fingerprint density at radius 1 is 0.407 bits per heavy atom. The quantitative estimate of drug-likeness (QED) is 0.0228. The van der Waals surface area contributed by atoms with Crippen molar-refractivity contribution in [2.45, 2.75) is 250 Å². The maximum Gasteiger partial charge on any atom is 0.335 e. The van der Waals surface area contributed by atoms with E-state index in [1.54, 1.807) is 0 Å². The number of carbonyl (C=O) groups is 4. The molecule has 1 fully saturated rings. The number of unbranched alkanes of at least 4 members (excludes halogenated alkanes) is 12. The predicted octanol–water partition coefficient (Wildman–Crippen LogP) is 16.3. The van der Waals surface area contributed by atoms with Crippen molar-refractivity contribution in [2.24, 2.45) is 0 Å². The molecule has 1 saturated heterocycles. The maximum atomic E-state index is 13.2. The fourth-order valence-electron chi connectivity index (χ4n) is 8.28. The summed E-state index contributed by atoms with van der Waals surface area (Å²) in [5.41, 5.74) is 0. The van der Waals surface area contributed by atoms with Gasteiger partial charge in [-0.1, -0.05) is 205 Å². The highest BCUT2D eigenvalue weighted by atomic mass is 16.7. The van der Waals surface area contributed by atoms with Crippen LogP contribution in [-0.4, -0.2) is 89.2 Å². The van der Waals surface area contributed by atoms with Gasteiger partial charge in [0.05, 0.1) is 6.61 Å². The third-order valence-electron chi connectivity index (χ3n) is 12.9. The number of hydrogen-bond donors (Lipinski definition) is 3. The van der Waals surface area contributed by atoms with E-state index in [9.17, 15) is 34.5 Å². The van der Waals surface area contributed by atoms with E-state index < -0.39 is 67.3 Å². The number of hydrogen-bond acceptors (Lipinski definition) is 11. The summed E-state index contributed by atoms with van der Waals surface area (Å²) < 4.78 is 28.4. The second-order valence-corrected chi connectivity index (χ2v) is 20.2. The summed E-state index contributed by atoms with van der Waals surface area (Å²) in [6, 6.07) is 0. The summed E-state index contributed by atoms with van der Waals surface area (Å²) in [6.07, 6.45) is 66.6. The van der Waals surface area contributed by atoms with Crippen molar-refractivity contribution in [3.05, 3.63) is 146 Å². The first-order valence-electron chi connectivity index (χ1n) is 30.8. The van der Waals surface area contributed by atoms with E-state index in [2.05, 4.69) is 167 Å². The first-order valence-corrected chi connectivity index (χ1v) is 30.8. The molecule has 0 bridgehead atoms. The molecule has 1 heterocycles. The van der Waals surface area contributed by atoms with Crippen LogP contribution >= 0.6 is 0 Å². The number of rotatable bonds is 50. The van der Waals surface area contributed by atoms with Crippen LogP contribution in [0, 0.1) is 0 Å². The Labute approximate surface area is 489 Å². The molecule has 81 heavy (non-hydrogen) atoms. The molecule has 1 aliphatic rings. The van der Waals surface area contributed by atoms with Gasteiger partial charge in [-0.15, -0.1) is 0 Å². The Hall–Kier alpha value is -5.40. The minimum absolute atomic E-state index is 0.0181. The van der Waals surface area contributed by atoms with Crippen LogP contribution in [0.3, 0.4) is 0 Å². The molecular formula is C69H106O12. The molecule has 0 aromatic carbocycles. The van der Waals surface area contributed by atoms with Gasteiger partial charge in [0, 0.05) is 19.3 Å². The average Bonchev–Trinajstić information content (AvgIpc) is 3.53. The van der Waals surface area contributed by atoms with Crippen LogP contribution in [0.1, 0.15) is 213 Å². The second-order valence-electron chi connectivity index (χ2n) is 20.2. The lowest BCUT2D eigenvalue weighted by atomic mass is 9.98.